The molecule has 4 N–H and O–H groups in total. The molecule has 1 aromatic carbocycles. The van der Waals surface area contributed by atoms with Crippen molar-refractivity contribution in [3.63, 3.8) is 0 Å². The maximum absolute atomic E-state index is 10.8. The van der Waals surface area contributed by atoms with Crippen LogP contribution in [0, 0.1) is 0 Å². The van der Waals surface area contributed by atoms with E-state index in [1.807, 2.05) is 0 Å². The molecule has 0 fully saturated rings. The van der Waals surface area contributed by atoms with Gasteiger partial charge in [-0.1, -0.05) is 12.1 Å². The predicted octanol–water partition coefficient (Wildman–Crippen LogP) is 0.259. The SMILES string of the molecule is CNCC(O)C(O)c1ccc(NC(C)=O)cc1. The number of carbonyl (C=O) groups is 1. The van der Waals surface area contributed by atoms with E-state index in [2.05, 4.69) is 10.6 Å². The quantitative estimate of drug-likeness (QED) is 0.593. The summed E-state index contributed by atoms with van der Waals surface area (Å²) in [6, 6.07) is 6.72. The summed E-state index contributed by atoms with van der Waals surface area (Å²) in [4.78, 5) is 10.8. The summed E-state index contributed by atoms with van der Waals surface area (Å²) in [5.74, 6) is -0.145. The van der Waals surface area contributed by atoms with E-state index in [4.69, 9.17) is 0 Å². The molecule has 94 valence electrons. The van der Waals surface area contributed by atoms with Crippen molar-refractivity contribution in [2.45, 2.75) is 19.1 Å². The Bertz CT molecular complexity index is 365. The first kappa shape index (κ1) is 13.6. The van der Waals surface area contributed by atoms with Gasteiger partial charge in [0.15, 0.2) is 0 Å². The Balaban J connectivity index is 2.69. The highest BCUT2D eigenvalue weighted by Crippen LogP contribution is 2.19. The second kappa shape index (κ2) is 6.34. The van der Waals surface area contributed by atoms with E-state index in [1.54, 1.807) is 31.3 Å². The monoisotopic (exact) mass is 238 g/mol. The van der Waals surface area contributed by atoms with Crippen LogP contribution in [-0.2, 0) is 4.79 Å². The highest BCUT2D eigenvalue weighted by Gasteiger charge is 2.17. The Morgan fingerprint density at radius 2 is 1.88 bits per heavy atom. The molecule has 0 saturated heterocycles. The molecule has 0 spiro atoms. The zero-order valence-corrected chi connectivity index (χ0v) is 9.97. The summed E-state index contributed by atoms with van der Waals surface area (Å²) < 4.78 is 0. The number of rotatable bonds is 5. The zero-order valence-electron chi connectivity index (χ0n) is 9.97. The van der Waals surface area contributed by atoms with Crippen LogP contribution in [0.5, 0.6) is 0 Å². The third kappa shape index (κ3) is 4.14. The minimum atomic E-state index is -0.936. The van der Waals surface area contributed by atoms with Crippen LogP contribution in [-0.4, -0.2) is 35.8 Å². The molecule has 5 nitrogen and oxygen atoms in total. The van der Waals surface area contributed by atoms with Gasteiger partial charge in [-0.3, -0.25) is 4.79 Å². The van der Waals surface area contributed by atoms with E-state index in [1.165, 1.54) is 6.92 Å². The van der Waals surface area contributed by atoms with Crippen LogP contribution >= 0.6 is 0 Å². The first-order chi connectivity index (χ1) is 8.04. The average Bonchev–Trinajstić information content (AvgIpc) is 2.28. The molecule has 0 aliphatic rings. The maximum Gasteiger partial charge on any atom is 0.221 e. The summed E-state index contributed by atoms with van der Waals surface area (Å²) in [6.45, 7) is 1.74. The number of benzene rings is 1. The topological polar surface area (TPSA) is 81.6 Å². The van der Waals surface area contributed by atoms with E-state index in [-0.39, 0.29) is 5.91 Å². The standard InChI is InChI=1S/C12H18N2O3/c1-8(15)14-10-5-3-9(4-6-10)12(17)11(16)7-13-2/h3-6,11-13,16-17H,7H2,1-2H3,(H,14,15). The van der Waals surface area contributed by atoms with Crippen LogP contribution in [0.2, 0.25) is 0 Å². The van der Waals surface area contributed by atoms with E-state index in [0.29, 0.717) is 17.8 Å². The first-order valence-electron chi connectivity index (χ1n) is 5.43. The van der Waals surface area contributed by atoms with Crippen molar-refractivity contribution in [2.24, 2.45) is 0 Å². The summed E-state index contributed by atoms with van der Waals surface area (Å²) in [5.41, 5.74) is 1.28. The van der Waals surface area contributed by atoms with Gasteiger partial charge in [0.1, 0.15) is 6.10 Å². The Morgan fingerprint density at radius 3 is 2.35 bits per heavy atom. The molecular formula is C12H18N2O3. The van der Waals surface area contributed by atoms with Crippen LogP contribution in [0.25, 0.3) is 0 Å². The Kier molecular flexibility index (Phi) is 5.09. The number of hydrogen-bond acceptors (Lipinski definition) is 4. The van der Waals surface area contributed by atoms with E-state index in [0.717, 1.165) is 0 Å². The molecule has 0 saturated carbocycles. The molecule has 1 rings (SSSR count). The molecule has 1 aromatic rings. The second-order valence-corrected chi connectivity index (χ2v) is 3.87. The Hall–Kier alpha value is -1.43. The van der Waals surface area contributed by atoms with Crippen molar-refractivity contribution in [2.75, 3.05) is 18.9 Å². The van der Waals surface area contributed by atoms with Gasteiger partial charge < -0.3 is 20.8 Å². The van der Waals surface area contributed by atoms with Gasteiger partial charge in [-0.15, -0.1) is 0 Å². The van der Waals surface area contributed by atoms with Crippen molar-refractivity contribution < 1.29 is 15.0 Å². The van der Waals surface area contributed by atoms with E-state index < -0.39 is 12.2 Å². The lowest BCUT2D eigenvalue weighted by atomic mass is 10.0. The molecule has 0 radical (unpaired) electrons. The fraction of sp³-hybridized carbons (Fsp3) is 0.417. The maximum atomic E-state index is 10.8. The van der Waals surface area contributed by atoms with Gasteiger partial charge in [0.05, 0.1) is 6.10 Å². The summed E-state index contributed by atoms with van der Waals surface area (Å²) in [5, 5.41) is 24.8. The van der Waals surface area contributed by atoms with Gasteiger partial charge in [0.25, 0.3) is 0 Å². The summed E-state index contributed by atoms with van der Waals surface area (Å²) >= 11 is 0. The van der Waals surface area contributed by atoms with Gasteiger partial charge in [-0.2, -0.15) is 0 Å². The highest BCUT2D eigenvalue weighted by atomic mass is 16.3. The number of amides is 1. The molecule has 0 heterocycles. The minimum Gasteiger partial charge on any atom is -0.389 e. The minimum absolute atomic E-state index is 0.145. The van der Waals surface area contributed by atoms with Crippen molar-refractivity contribution in [1.82, 2.24) is 5.32 Å². The fourth-order valence-electron chi connectivity index (χ4n) is 1.51. The summed E-state index contributed by atoms with van der Waals surface area (Å²) in [6.07, 6.45) is -1.79. The van der Waals surface area contributed by atoms with Crippen LogP contribution in [0.15, 0.2) is 24.3 Å². The van der Waals surface area contributed by atoms with Gasteiger partial charge in [0, 0.05) is 19.2 Å². The fourth-order valence-corrected chi connectivity index (χ4v) is 1.51. The van der Waals surface area contributed by atoms with Crippen LogP contribution < -0.4 is 10.6 Å². The van der Waals surface area contributed by atoms with Crippen LogP contribution in [0.4, 0.5) is 5.69 Å². The van der Waals surface area contributed by atoms with E-state index >= 15 is 0 Å². The van der Waals surface area contributed by atoms with E-state index in [9.17, 15) is 15.0 Å². The largest absolute Gasteiger partial charge is 0.389 e. The second-order valence-electron chi connectivity index (χ2n) is 3.87. The van der Waals surface area contributed by atoms with Crippen molar-refractivity contribution >= 4 is 11.6 Å². The zero-order chi connectivity index (χ0) is 12.8. The first-order valence-corrected chi connectivity index (χ1v) is 5.43. The Labute approximate surface area is 100 Å². The molecule has 0 bridgehead atoms. The highest BCUT2D eigenvalue weighted by molar-refractivity contribution is 5.88. The van der Waals surface area contributed by atoms with Gasteiger partial charge in [0.2, 0.25) is 5.91 Å². The Morgan fingerprint density at radius 1 is 1.29 bits per heavy atom. The number of aliphatic hydroxyl groups excluding tert-OH is 2. The number of nitrogens with one attached hydrogen (secondary N) is 2. The number of hydrogen-bond donors (Lipinski definition) is 4. The van der Waals surface area contributed by atoms with Crippen LogP contribution in [0.3, 0.4) is 0 Å². The molecule has 0 aromatic heterocycles. The number of aliphatic hydroxyl groups is 2. The van der Waals surface area contributed by atoms with Crippen LogP contribution in [0.1, 0.15) is 18.6 Å². The normalized spacial score (nSPS) is 14.1. The molecule has 17 heavy (non-hydrogen) atoms. The molecule has 2 atom stereocenters. The lowest BCUT2D eigenvalue weighted by Gasteiger charge is -2.18. The lowest BCUT2D eigenvalue weighted by Crippen LogP contribution is -2.29. The van der Waals surface area contributed by atoms with Crippen molar-refractivity contribution in [3.05, 3.63) is 29.8 Å². The number of likely N-dealkylation sites (N-methyl/N-ethyl adjacent to an activating group) is 1. The van der Waals surface area contributed by atoms with Gasteiger partial charge in [-0.05, 0) is 24.7 Å². The molecular weight excluding hydrogens is 220 g/mol. The van der Waals surface area contributed by atoms with Crippen molar-refractivity contribution in [1.29, 1.82) is 0 Å². The smallest absolute Gasteiger partial charge is 0.221 e. The van der Waals surface area contributed by atoms with Crippen molar-refractivity contribution in [3.8, 4) is 0 Å². The number of carbonyl (C=O) groups excluding carboxylic acids is 1. The molecule has 0 aliphatic carbocycles. The third-order valence-electron chi connectivity index (χ3n) is 2.35. The molecule has 2 unspecified atom stereocenters. The van der Waals surface area contributed by atoms with Gasteiger partial charge in [-0.25, -0.2) is 0 Å². The van der Waals surface area contributed by atoms with Gasteiger partial charge >= 0.3 is 0 Å². The summed E-state index contributed by atoms with van der Waals surface area (Å²) in [7, 11) is 1.70. The number of anilines is 1. The molecule has 0 aliphatic heterocycles. The average molecular weight is 238 g/mol. The molecule has 5 heteroatoms. The predicted molar refractivity (Wildman–Crippen MR) is 65.6 cm³/mol. The molecule has 1 amide bonds. The third-order valence-corrected chi connectivity index (χ3v) is 2.35. The lowest BCUT2D eigenvalue weighted by molar-refractivity contribution is -0.114.